The van der Waals surface area contributed by atoms with Crippen LogP contribution >= 0.6 is 0 Å². The number of aromatic nitrogens is 1. The van der Waals surface area contributed by atoms with E-state index in [9.17, 15) is 13.2 Å². The van der Waals surface area contributed by atoms with Crippen LogP contribution in [0.2, 0.25) is 0 Å². The number of carbonyl (C=O) groups is 1. The van der Waals surface area contributed by atoms with Gasteiger partial charge in [0.15, 0.2) is 5.76 Å². The first kappa shape index (κ1) is 18.2. The molecule has 2 atom stereocenters. The Kier molecular flexibility index (Phi) is 5.40. The van der Waals surface area contributed by atoms with Gasteiger partial charge in [-0.1, -0.05) is 35.5 Å². The van der Waals surface area contributed by atoms with Gasteiger partial charge in [0.25, 0.3) is 0 Å². The summed E-state index contributed by atoms with van der Waals surface area (Å²) in [6, 6.07) is 8.26. The maximum absolute atomic E-state index is 12.4. The molecule has 1 aromatic heterocycles. The fourth-order valence-corrected chi connectivity index (χ4v) is 3.90. The van der Waals surface area contributed by atoms with E-state index in [2.05, 4.69) is 15.2 Å². The number of nitrogens with zero attached hydrogens (tertiary/aromatic N) is 1. The van der Waals surface area contributed by atoms with Crippen LogP contribution in [0.5, 0.6) is 0 Å². The highest BCUT2D eigenvalue weighted by molar-refractivity contribution is 7.89. The minimum absolute atomic E-state index is 0.0294. The summed E-state index contributed by atoms with van der Waals surface area (Å²) in [5.74, 6) is -0.230. The molecule has 24 heavy (non-hydrogen) atoms. The molecule has 0 aliphatic carbocycles. The van der Waals surface area contributed by atoms with Gasteiger partial charge in [-0.3, -0.25) is 4.79 Å². The Hall–Kier alpha value is -2.19. The number of benzene rings is 1. The van der Waals surface area contributed by atoms with Gasteiger partial charge in [-0.25, -0.2) is 8.42 Å². The first-order valence-corrected chi connectivity index (χ1v) is 9.01. The van der Waals surface area contributed by atoms with Gasteiger partial charge in [0.1, 0.15) is 10.6 Å². The van der Waals surface area contributed by atoms with Gasteiger partial charge < -0.3 is 9.84 Å². The second-order valence-electron chi connectivity index (χ2n) is 5.64. The number of nitrogens with one attached hydrogen (secondary N) is 2. The summed E-state index contributed by atoms with van der Waals surface area (Å²) in [4.78, 5) is 12.2. The number of carbonyl (C=O) groups excluding carboxylic acids is 1. The quantitative estimate of drug-likeness (QED) is 0.827. The van der Waals surface area contributed by atoms with Gasteiger partial charge in [-0.15, -0.1) is 0 Å². The Morgan fingerprint density at radius 3 is 2.33 bits per heavy atom. The smallest absolute Gasteiger partial charge is 0.246 e. The van der Waals surface area contributed by atoms with Crippen LogP contribution in [0.25, 0.3) is 0 Å². The second kappa shape index (κ2) is 7.14. The Labute approximate surface area is 141 Å². The van der Waals surface area contributed by atoms with E-state index < -0.39 is 22.0 Å². The van der Waals surface area contributed by atoms with Crippen LogP contribution in [0.4, 0.5) is 0 Å². The minimum atomic E-state index is -3.89. The van der Waals surface area contributed by atoms with Crippen molar-refractivity contribution < 1.29 is 17.7 Å². The maximum Gasteiger partial charge on any atom is 0.246 e. The predicted molar refractivity (Wildman–Crippen MR) is 88.8 cm³/mol. The molecule has 1 aromatic carbocycles. The zero-order chi connectivity index (χ0) is 17.9. The summed E-state index contributed by atoms with van der Waals surface area (Å²) in [6.45, 7) is 6.37. The molecule has 7 nitrogen and oxygen atoms in total. The molecule has 0 aliphatic rings. The third-order valence-corrected chi connectivity index (χ3v) is 5.40. The average Bonchev–Trinajstić information content (AvgIpc) is 2.87. The second-order valence-corrected chi connectivity index (χ2v) is 7.29. The molecule has 0 unspecified atom stereocenters. The monoisotopic (exact) mass is 351 g/mol. The third-order valence-electron chi connectivity index (χ3n) is 3.62. The summed E-state index contributed by atoms with van der Waals surface area (Å²) in [7, 11) is -3.89. The molecule has 8 heteroatoms. The molecular weight excluding hydrogens is 330 g/mol. The largest absolute Gasteiger partial charge is 0.360 e. The molecule has 0 spiro atoms. The van der Waals surface area contributed by atoms with E-state index in [1.165, 1.54) is 20.8 Å². The van der Waals surface area contributed by atoms with Crippen molar-refractivity contribution in [3.63, 3.8) is 0 Å². The predicted octanol–water partition coefficient (Wildman–Crippen LogP) is 1.84. The number of sulfonamides is 1. The molecule has 2 N–H and O–H groups in total. The zero-order valence-electron chi connectivity index (χ0n) is 14.0. The van der Waals surface area contributed by atoms with Crippen molar-refractivity contribution in [1.82, 2.24) is 15.2 Å². The van der Waals surface area contributed by atoms with Crippen LogP contribution in [-0.2, 0) is 14.8 Å². The summed E-state index contributed by atoms with van der Waals surface area (Å²) in [6.07, 6.45) is 0. The van der Waals surface area contributed by atoms with Crippen LogP contribution in [-0.4, -0.2) is 25.5 Å². The van der Waals surface area contributed by atoms with Gasteiger partial charge in [0, 0.05) is 0 Å². The third kappa shape index (κ3) is 4.01. The molecule has 1 heterocycles. The van der Waals surface area contributed by atoms with Crippen LogP contribution in [0.3, 0.4) is 0 Å². The number of aryl methyl sites for hydroxylation is 2. The van der Waals surface area contributed by atoms with Crippen molar-refractivity contribution in [3.8, 4) is 0 Å². The number of hydrogen-bond donors (Lipinski definition) is 2. The molecular formula is C16H21N3O4S. The van der Waals surface area contributed by atoms with Crippen molar-refractivity contribution in [2.75, 3.05) is 0 Å². The molecule has 2 rings (SSSR count). The Morgan fingerprint density at radius 2 is 1.79 bits per heavy atom. The number of rotatable bonds is 6. The summed E-state index contributed by atoms with van der Waals surface area (Å²) in [5.41, 5.74) is 1.19. The van der Waals surface area contributed by atoms with Crippen molar-refractivity contribution >= 4 is 15.9 Å². The van der Waals surface area contributed by atoms with Gasteiger partial charge >= 0.3 is 0 Å². The average molecular weight is 351 g/mol. The molecule has 2 aromatic rings. The van der Waals surface area contributed by atoms with E-state index in [-0.39, 0.29) is 22.4 Å². The molecule has 0 aliphatic heterocycles. The van der Waals surface area contributed by atoms with Gasteiger partial charge in [0.2, 0.25) is 15.9 Å². The van der Waals surface area contributed by atoms with Crippen LogP contribution in [0.1, 0.15) is 36.9 Å². The van der Waals surface area contributed by atoms with Crippen molar-refractivity contribution in [2.45, 2.75) is 44.7 Å². The standard InChI is InChI=1S/C16H21N3O4S/c1-10(14-8-6-5-7-9-14)17-16(20)12(3)19-24(21,22)15-11(2)18-23-13(15)4/h5-10,12,19H,1-4H3,(H,17,20)/t10-,12-/m1/s1. The minimum Gasteiger partial charge on any atom is -0.360 e. The van der Waals surface area contributed by atoms with E-state index in [4.69, 9.17) is 4.52 Å². The lowest BCUT2D eigenvalue weighted by Crippen LogP contribution is -2.45. The van der Waals surface area contributed by atoms with Crippen molar-refractivity contribution in [3.05, 3.63) is 47.3 Å². The lowest BCUT2D eigenvalue weighted by atomic mass is 10.1. The first-order chi connectivity index (χ1) is 11.2. The van der Waals surface area contributed by atoms with Crippen LogP contribution in [0.15, 0.2) is 39.8 Å². The lowest BCUT2D eigenvalue weighted by molar-refractivity contribution is -0.123. The SMILES string of the molecule is Cc1noc(C)c1S(=O)(=O)N[C@H](C)C(=O)N[C@H](C)c1ccccc1. The number of hydrogen-bond acceptors (Lipinski definition) is 5. The van der Waals surface area contributed by atoms with Gasteiger partial charge in [-0.2, -0.15) is 4.72 Å². The summed E-state index contributed by atoms with van der Waals surface area (Å²) >= 11 is 0. The van der Waals surface area contributed by atoms with Gasteiger partial charge in [-0.05, 0) is 33.3 Å². The Bertz CT molecular complexity index is 796. The van der Waals surface area contributed by atoms with Crippen molar-refractivity contribution in [1.29, 1.82) is 0 Å². The molecule has 0 radical (unpaired) electrons. The molecule has 1 amide bonds. The lowest BCUT2D eigenvalue weighted by Gasteiger charge is -2.18. The Balaban J connectivity index is 2.06. The van der Waals surface area contributed by atoms with E-state index in [1.54, 1.807) is 0 Å². The fourth-order valence-electron chi connectivity index (χ4n) is 2.37. The summed E-state index contributed by atoms with van der Waals surface area (Å²) in [5, 5.41) is 6.42. The molecule has 130 valence electrons. The maximum atomic E-state index is 12.4. The molecule has 0 saturated heterocycles. The zero-order valence-corrected chi connectivity index (χ0v) is 14.8. The van der Waals surface area contributed by atoms with E-state index in [0.29, 0.717) is 0 Å². The van der Waals surface area contributed by atoms with E-state index >= 15 is 0 Å². The first-order valence-electron chi connectivity index (χ1n) is 7.53. The topological polar surface area (TPSA) is 101 Å². The highest BCUT2D eigenvalue weighted by Crippen LogP contribution is 2.19. The van der Waals surface area contributed by atoms with Crippen LogP contribution in [0, 0.1) is 13.8 Å². The number of amides is 1. The van der Waals surface area contributed by atoms with Gasteiger partial charge in [0.05, 0.1) is 12.1 Å². The highest BCUT2D eigenvalue weighted by Gasteiger charge is 2.28. The van der Waals surface area contributed by atoms with E-state index in [1.807, 2.05) is 37.3 Å². The van der Waals surface area contributed by atoms with Crippen molar-refractivity contribution in [2.24, 2.45) is 0 Å². The summed E-state index contributed by atoms with van der Waals surface area (Å²) < 4.78 is 32.1. The molecule has 0 bridgehead atoms. The normalized spacial score (nSPS) is 14.2. The highest BCUT2D eigenvalue weighted by atomic mass is 32.2. The van der Waals surface area contributed by atoms with Crippen LogP contribution < -0.4 is 10.0 Å². The van der Waals surface area contributed by atoms with E-state index in [0.717, 1.165) is 5.56 Å². The molecule has 0 fully saturated rings. The fraction of sp³-hybridized carbons (Fsp3) is 0.375. The molecule has 0 saturated carbocycles. The Morgan fingerprint density at radius 1 is 1.17 bits per heavy atom.